The Labute approximate surface area is 97.9 Å². The predicted octanol–water partition coefficient (Wildman–Crippen LogP) is 0.0717. The lowest BCUT2D eigenvalue weighted by atomic mass is 9.89. The number of hydrogen-bond acceptors (Lipinski definition) is 4. The van der Waals surface area contributed by atoms with Crippen molar-refractivity contribution in [2.45, 2.75) is 26.2 Å². The molecule has 1 aliphatic heterocycles. The highest BCUT2D eigenvalue weighted by molar-refractivity contribution is 4.81. The highest BCUT2D eigenvalue weighted by Crippen LogP contribution is 2.23. The van der Waals surface area contributed by atoms with Crippen LogP contribution in [0, 0.1) is 11.3 Å². The van der Waals surface area contributed by atoms with Gasteiger partial charge in [0, 0.05) is 25.1 Å². The molecule has 0 amide bonds. The summed E-state index contributed by atoms with van der Waals surface area (Å²) in [6, 6.07) is 0. The summed E-state index contributed by atoms with van der Waals surface area (Å²) in [5.74, 6) is 0.570. The monoisotopic (exact) mass is 231 g/mol. The summed E-state index contributed by atoms with van der Waals surface area (Å²) < 4.78 is 0. The van der Waals surface area contributed by atoms with E-state index >= 15 is 0 Å². The normalized spacial score (nSPS) is 23.6. The third-order valence-electron chi connectivity index (χ3n) is 3.51. The predicted molar refractivity (Wildman–Crippen MR) is 63.1 cm³/mol. The second-order valence-corrected chi connectivity index (χ2v) is 5.38. The second kappa shape index (κ2) is 6.55. The van der Waals surface area contributed by atoms with E-state index in [1.165, 1.54) is 6.42 Å². The summed E-state index contributed by atoms with van der Waals surface area (Å²) in [7, 11) is 0. The molecule has 1 unspecified atom stereocenters. The number of hydrogen-bond donors (Lipinski definition) is 3. The molecule has 0 aromatic rings. The molecule has 1 saturated heterocycles. The lowest BCUT2D eigenvalue weighted by molar-refractivity contribution is 0.0203. The van der Waals surface area contributed by atoms with E-state index in [4.69, 9.17) is 5.11 Å². The van der Waals surface area contributed by atoms with Crippen LogP contribution in [0.25, 0.3) is 0 Å². The standard InChI is InChI=1S/C12H25NO3/c1-12(9-15,10-16)8-13-5-2-3-11(7-13)4-6-14/h11,14-16H,2-10H2,1H3. The van der Waals surface area contributed by atoms with E-state index < -0.39 is 5.41 Å². The molecule has 0 saturated carbocycles. The van der Waals surface area contributed by atoms with Gasteiger partial charge in [0.25, 0.3) is 0 Å². The lowest BCUT2D eigenvalue weighted by Gasteiger charge is -2.38. The van der Waals surface area contributed by atoms with Crippen LogP contribution in [0.15, 0.2) is 0 Å². The molecule has 1 atom stereocenters. The maximum absolute atomic E-state index is 9.26. The molecule has 0 aromatic carbocycles. The third-order valence-corrected chi connectivity index (χ3v) is 3.51. The van der Waals surface area contributed by atoms with Crippen molar-refractivity contribution in [2.75, 3.05) is 39.5 Å². The Bertz CT molecular complexity index is 193. The molecule has 4 nitrogen and oxygen atoms in total. The first-order chi connectivity index (χ1) is 7.63. The van der Waals surface area contributed by atoms with E-state index in [-0.39, 0.29) is 19.8 Å². The fraction of sp³-hybridized carbons (Fsp3) is 1.00. The first-order valence-corrected chi connectivity index (χ1v) is 6.18. The van der Waals surface area contributed by atoms with Crippen LogP contribution in [0.5, 0.6) is 0 Å². The van der Waals surface area contributed by atoms with E-state index in [0.717, 1.165) is 32.5 Å². The summed E-state index contributed by atoms with van der Waals surface area (Å²) >= 11 is 0. The van der Waals surface area contributed by atoms with Crippen LogP contribution in [0.4, 0.5) is 0 Å². The molecular weight excluding hydrogens is 206 g/mol. The van der Waals surface area contributed by atoms with Crippen LogP contribution in [0.2, 0.25) is 0 Å². The molecule has 0 aromatic heterocycles. The first kappa shape index (κ1) is 13.9. The number of likely N-dealkylation sites (tertiary alicyclic amines) is 1. The SMILES string of the molecule is CC(CO)(CO)CN1CCCC(CCO)C1. The van der Waals surface area contributed by atoms with Crippen molar-refractivity contribution in [1.82, 2.24) is 4.90 Å². The Balaban J connectivity index is 2.41. The van der Waals surface area contributed by atoms with Gasteiger partial charge >= 0.3 is 0 Å². The Morgan fingerprint density at radius 3 is 2.50 bits per heavy atom. The summed E-state index contributed by atoms with van der Waals surface area (Å²) in [4.78, 5) is 2.30. The molecule has 96 valence electrons. The fourth-order valence-corrected chi connectivity index (χ4v) is 2.40. The van der Waals surface area contributed by atoms with Crippen LogP contribution in [-0.4, -0.2) is 59.7 Å². The average molecular weight is 231 g/mol. The smallest absolute Gasteiger partial charge is 0.0519 e. The summed E-state index contributed by atoms with van der Waals surface area (Å²) in [5.41, 5.74) is -0.402. The van der Waals surface area contributed by atoms with Crippen molar-refractivity contribution >= 4 is 0 Å². The summed E-state index contributed by atoms with van der Waals surface area (Å²) in [5, 5.41) is 27.4. The van der Waals surface area contributed by atoms with Crippen LogP contribution in [-0.2, 0) is 0 Å². The molecule has 0 aliphatic carbocycles. The minimum atomic E-state index is -0.402. The number of rotatable bonds is 6. The van der Waals surface area contributed by atoms with Gasteiger partial charge in [-0.15, -0.1) is 0 Å². The largest absolute Gasteiger partial charge is 0.396 e. The highest BCUT2D eigenvalue weighted by Gasteiger charge is 2.28. The van der Waals surface area contributed by atoms with Crippen molar-refractivity contribution < 1.29 is 15.3 Å². The van der Waals surface area contributed by atoms with Crippen molar-refractivity contribution in [2.24, 2.45) is 11.3 Å². The maximum Gasteiger partial charge on any atom is 0.0519 e. The van der Waals surface area contributed by atoms with E-state index in [1.807, 2.05) is 6.92 Å². The molecule has 0 spiro atoms. The lowest BCUT2D eigenvalue weighted by Crippen LogP contribution is -2.45. The zero-order valence-electron chi connectivity index (χ0n) is 10.2. The van der Waals surface area contributed by atoms with Gasteiger partial charge in [-0.25, -0.2) is 0 Å². The van der Waals surface area contributed by atoms with E-state index in [1.54, 1.807) is 0 Å². The molecule has 1 fully saturated rings. The average Bonchev–Trinajstić information content (AvgIpc) is 2.30. The molecule has 1 heterocycles. The third kappa shape index (κ3) is 4.01. The quantitative estimate of drug-likeness (QED) is 0.605. The van der Waals surface area contributed by atoms with Crippen molar-refractivity contribution in [3.8, 4) is 0 Å². The highest BCUT2D eigenvalue weighted by atomic mass is 16.3. The molecule has 4 heteroatoms. The number of aliphatic hydroxyl groups is 3. The Hall–Kier alpha value is -0.160. The molecule has 3 N–H and O–H groups in total. The number of nitrogens with zero attached hydrogens (tertiary/aromatic N) is 1. The van der Waals surface area contributed by atoms with Crippen LogP contribution < -0.4 is 0 Å². The van der Waals surface area contributed by atoms with Gasteiger partial charge in [-0.1, -0.05) is 6.92 Å². The fourth-order valence-electron chi connectivity index (χ4n) is 2.40. The molecular formula is C12H25NO3. The van der Waals surface area contributed by atoms with Crippen molar-refractivity contribution in [3.63, 3.8) is 0 Å². The van der Waals surface area contributed by atoms with Crippen LogP contribution >= 0.6 is 0 Å². The van der Waals surface area contributed by atoms with Gasteiger partial charge in [0.2, 0.25) is 0 Å². The van der Waals surface area contributed by atoms with Crippen molar-refractivity contribution in [1.29, 1.82) is 0 Å². The molecule has 0 radical (unpaired) electrons. The zero-order chi connectivity index (χ0) is 12.0. The number of piperidine rings is 1. The van der Waals surface area contributed by atoms with Crippen LogP contribution in [0.3, 0.4) is 0 Å². The van der Waals surface area contributed by atoms with E-state index in [9.17, 15) is 10.2 Å². The molecule has 16 heavy (non-hydrogen) atoms. The van der Waals surface area contributed by atoms with Gasteiger partial charge in [0.05, 0.1) is 13.2 Å². The second-order valence-electron chi connectivity index (χ2n) is 5.38. The Morgan fingerprint density at radius 2 is 1.94 bits per heavy atom. The summed E-state index contributed by atoms with van der Waals surface area (Å²) in [6.45, 7) is 4.96. The van der Waals surface area contributed by atoms with E-state index in [0.29, 0.717) is 5.92 Å². The van der Waals surface area contributed by atoms with Gasteiger partial charge in [0.1, 0.15) is 0 Å². The van der Waals surface area contributed by atoms with Crippen molar-refractivity contribution in [3.05, 3.63) is 0 Å². The van der Waals surface area contributed by atoms with Gasteiger partial charge < -0.3 is 20.2 Å². The minimum absolute atomic E-state index is 0.0185. The minimum Gasteiger partial charge on any atom is -0.396 e. The Kier molecular flexibility index (Phi) is 5.69. The Morgan fingerprint density at radius 1 is 1.25 bits per heavy atom. The number of aliphatic hydroxyl groups excluding tert-OH is 3. The summed E-state index contributed by atoms with van der Waals surface area (Å²) in [6.07, 6.45) is 3.20. The van der Waals surface area contributed by atoms with Crippen LogP contribution in [0.1, 0.15) is 26.2 Å². The van der Waals surface area contributed by atoms with Gasteiger partial charge in [0.15, 0.2) is 0 Å². The van der Waals surface area contributed by atoms with Gasteiger partial charge in [-0.2, -0.15) is 0 Å². The molecule has 0 bridgehead atoms. The first-order valence-electron chi connectivity index (χ1n) is 6.18. The molecule has 1 rings (SSSR count). The van der Waals surface area contributed by atoms with E-state index in [2.05, 4.69) is 4.90 Å². The maximum atomic E-state index is 9.26. The zero-order valence-corrected chi connectivity index (χ0v) is 10.2. The van der Waals surface area contributed by atoms with Gasteiger partial charge in [-0.3, -0.25) is 0 Å². The molecule has 1 aliphatic rings. The topological polar surface area (TPSA) is 63.9 Å². The van der Waals surface area contributed by atoms with Gasteiger partial charge in [-0.05, 0) is 31.7 Å².